The molecule has 3 rings (SSSR count). The number of hydrogen-bond acceptors (Lipinski definition) is 7. The second kappa shape index (κ2) is 10.1. The summed E-state index contributed by atoms with van der Waals surface area (Å²) in [6, 6.07) is 5.81. The normalized spacial score (nSPS) is 10.9. The van der Waals surface area contributed by atoms with Crippen LogP contribution in [0.5, 0.6) is 0 Å². The summed E-state index contributed by atoms with van der Waals surface area (Å²) < 4.78 is 1.86. The fraction of sp³-hybridized carbons (Fsp3) is 0.381. The molecule has 0 bridgehead atoms. The summed E-state index contributed by atoms with van der Waals surface area (Å²) in [6.45, 7) is 10.5. The molecule has 0 aliphatic carbocycles. The molecule has 0 aliphatic heterocycles. The van der Waals surface area contributed by atoms with Crippen molar-refractivity contribution in [3.8, 4) is 0 Å². The number of amides is 2. The minimum absolute atomic E-state index is 0.109. The third-order valence-corrected chi connectivity index (χ3v) is 6.78. The minimum Gasteiger partial charge on any atom is -0.326 e. The van der Waals surface area contributed by atoms with Crippen molar-refractivity contribution in [2.75, 3.05) is 16.4 Å². The van der Waals surface area contributed by atoms with Crippen molar-refractivity contribution in [2.24, 2.45) is 0 Å². The fourth-order valence-corrected chi connectivity index (χ4v) is 4.51. The van der Waals surface area contributed by atoms with Crippen molar-refractivity contribution in [1.29, 1.82) is 0 Å². The lowest BCUT2D eigenvalue weighted by Gasteiger charge is -2.09. The van der Waals surface area contributed by atoms with Crippen LogP contribution in [0.2, 0.25) is 0 Å². The molecule has 0 atom stereocenters. The molecule has 164 valence electrons. The van der Waals surface area contributed by atoms with E-state index in [4.69, 9.17) is 0 Å². The van der Waals surface area contributed by atoms with E-state index in [2.05, 4.69) is 25.8 Å². The predicted molar refractivity (Wildman–Crippen MR) is 125 cm³/mol. The van der Waals surface area contributed by atoms with Crippen LogP contribution in [0.1, 0.15) is 34.4 Å². The third kappa shape index (κ3) is 5.92. The molecule has 10 heteroatoms. The summed E-state index contributed by atoms with van der Waals surface area (Å²) in [5.41, 5.74) is 3.97. The molecule has 2 N–H and O–H groups in total. The number of thioether (sulfide) groups is 1. The van der Waals surface area contributed by atoms with Gasteiger partial charge in [0.1, 0.15) is 5.82 Å². The van der Waals surface area contributed by atoms with Gasteiger partial charge in [-0.1, -0.05) is 17.8 Å². The molecule has 2 heterocycles. The number of hydrogen-bond donors (Lipinski definition) is 2. The summed E-state index contributed by atoms with van der Waals surface area (Å²) in [4.78, 5) is 30.1. The Bertz CT molecular complexity index is 1090. The van der Waals surface area contributed by atoms with Gasteiger partial charge in [-0.05, 0) is 57.9 Å². The maximum absolute atomic E-state index is 12.5. The lowest BCUT2D eigenvalue weighted by atomic mass is 10.1. The van der Waals surface area contributed by atoms with Crippen molar-refractivity contribution in [3.63, 3.8) is 0 Å². The molecule has 8 nitrogen and oxygen atoms in total. The second-order valence-electron chi connectivity index (χ2n) is 7.16. The summed E-state index contributed by atoms with van der Waals surface area (Å²) in [5.74, 6) is 0.440. The third-order valence-electron chi connectivity index (χ3n) is 4.83. The monoisotopic (exact) mass is 458 g/mol. The van der Waals surface area contributed by atoms with Gasteiger partial charge in [0, 0.05) is 17.1 Å². The SMILES string of the molecule is CCn1c(CC(=O)Nc2ccc(C)c(C)c2)nnc1SCC(=O)Nc1nc(C)c(C)s1. The lowest BCUT2D eigenvalue weighted by molar-refractivity contribution is -0.116. The van der Waals surface area contributed by atoms with E-state index in [1.54, 1.807) is 0 Å². The Morgan fingerprint density at radius 3 is 2.48 bits per heavy atom. The topological polar surface area (TPSA) is 102 Å². The van der Waals surface area contributed by atoms with Gasteiger partial charge in [-0.25, -0.2) is 4.98 Å². The van der Waals surface area contributed by atoms with Gasteiger partial charge in [-0.15, -0.1) is 21.5 Å². The van der Waals surface area contributed by atoms with Crippen molar-refractivity contribution in [2.45, 2.75) is 52.7 Å². The van der Waals surface area contributed by atoms with E-state index in [-0.39, 0.29) is 24.0 Å². The van der Waals surface area contributed by atoms with Crippen LogP contribution >= 0.6 is 23.1 Å². The Balaban J connectivity index is 1.58. The molecule has 0 unspecified atom stereocenters. The molecule has 2 aromatic heterocycles. The first kappa shape index (κ1) is 23.0. The minimum atomic E-state index is -0.158. The number of rotatable bonds is 8. The van der Waals surface area contributed by atoms with Crippen molar-refractivity contribution >= 4 is 45.7 Å². The van der Waals surface area contributed by atoms with Gasteiger partial charge in [0.05, 0.1) is 17.9 Å². The van der Waals surface area contributed by atoms with E-state index in [9.17, 15) is 9.59 Å². The van der Waals surface area contributed by atoms with E-state index in [1.165, 1.54) is 28.7 Å². The Hall–Kier alpha value is -2.72. The van der Waals surface area contributed by atoms with Gasteiger partial charge in [0.15, 0.2) is 10.3 Å². The summed E-state index contributed by atoms with van der Waals surface area (Å²) in [5, 5.41) is 15.3. The Morgan fingerprint density at radius 2 is 1.84 bits per heavy atom. The zero-order chi connectivity index (χ0) is 22.5. The number of nitrogens with zero attached hydrogens (tertiary/aromatic N) is 4. The van der Waals surface area contributed by atoms with Crippen LogP contribution in [-0.2, 0) is 22.6 Å². The first-order valence-corrected chi connectivity index (χ1v) is 11.7. The molecule has 3 aromatic rings. The second-order valence-corrected chi connectivity index (χ2v) is 9.31. The van der Waals surface area contributed by atoms with Gasteiger partial charge >= 0.3 is 0 Å². The smallest absolute Gasteiger partial charge is 0.236 e. The number of benzene rings is 1. The van der Waals surface area contributed by atoms with E-state index >= 15 is 0 Å². The molecular formula is C21H26N6O2S2. The van der Waals surface area contributed by atoms with Crippen molar-refractivity contribution < 1.29 is 9.59 Å². The largest absolute Gasteiger partial charge is 0.326 e. The van der Waals surface area contributed by atoms with E-state index in [0.717, 1.165) is 21.8 Å². The maximum Gasteiger partial charge on any atom is 0.236 e. The van der Waals surface area contributed by atoms with Crippen LogP contribution in [0.4, 0.5) is 10.8 Å². The van der Waals surface area contributed by atoms with Crippen LogP contribution in [-0.4, -0.2) is 37.3 Å². The number of thiazole rings is 1. The van der Waals surface area contributed by atoms with Crippen LogP contribution in [0.15, 0.2) is 23.4 Å². The number of carbonyl (C=O) groups is 2. The van der Waals surface area contributed by atoms with Gasteiger partial charge in [0.25, 0.3) is 0 Å². The summed E-state index contributed by atoms with van der Waals surface area (Å²) >= 11 is 2.74. The highest BCUT2D eigenvalue weighted by atomic mass is 32.2. The quantitative estimate of drug-likeness (QED) is 0.497. The summed E-state index contributed by atoms with van der Waals surface area (Å²) in [7, 11) is 0. The zero-order valence-corrected chi connectivity index (χ0v) is 19.9. The molecule has 2 amide bonds. The molecule has 0 saturated heterocycles. The predicted octanol–water partition coefficient (Wildman–Crippen LogP) is 3.90. The molecule has 0 radical (unpaired) electrons. The van der Waals surface area contributed by atoms with Gasteiger partial charge in [-0.2, -0.15) is 0 Å². The number of anilines is 2. The maximum atomic E-state index is 12.5. The molecule has 1 aromatic carbocycles. The molecule has 31 heavy (non-hydrogen) atoms. The van der Waals surface area contributed by atoms with Crippen LogP contribution in [0.25, 0.3) is 0 Å². The van der Waals surface area contributed by atoms with Crippen LogP contribution in [0, 0.1) is 27.7 Å². The van der Waals surface area contributed by atoms with E-state index < -0.39 is 0 Å². The number of aromatic nitrogens is 4. The molecule has 0 fully saturated rings. The number of carbonyl (C=O) groups excluding carboxylic acids is 2. The summed E-state index contributed by atoms with van der Waals surface area (Å²) in [6.07, 6.45) is 0.109. The lowest BCUT2D eigenvalue weighted by Crippen LogP contribution is -2.18. The average Bonchev–Trinajstić information content (AvgIpc) is 3.24. The van der Waals surface area contributed by atoms with Crippen molar-refractivity contribution in [1.82, 2.24) is 19.7 Å². The Morgan fingerprint density at radius 1 is 1.06 bits per heavy atom. The fourth-order valence-electron chi connectivity index (χ4n) is 2.85. The van der Waals surface area contributed by atoms with Gasteiger partial charge < -0.3 is 15.2 Å². The highest BCUT2D eigenvalue weighted by Gasteiger charge is 2.17. The first-order chi connectivity index (χ1) is 14.8. The number of aryl methyl sites for hydroxylation is 4. The molecule has 0 aliphatic rings. The van der Waals surface area contributed by atoms with Crippen molar-refractivity contribution in [3.05, 3.63) is 45.7 Å². The highest BCUT2D eigenvalue weighted by molar-refractivity contribution is 7.99. The van der Waals surface area contributed by atoms with E-state index in [1.807, 2.05) is 57.4 Å². The number of nitrogens with one attached hydrogen (secondary N) is 2. The van der Waals surface area contributed by atoms with Crippen LogP contribution in [0.3, 0.4) is 0 Å². The first-order valence-electron chi connectivity index (χ1n) is 9.92. The highest BCUT2D eigenvalue weighted by Crippen LogP contribution is 2.22. The van der Waals surface area contributed by atoms with Crippen LogP contribution < -0.4 is 10.6 Å². The molecule has 0 spiro atoms. The Labute approximate surface area is 189 Å². The van der Waals surface area contributed by atoms with Gasteiger partial charge in [-0.3, -0.25) is 9.59 Å². The van der Waals surface area contributed by atoms with Gasteiger partial charge in [0.2, 0.25) is 11.8 Å². The van der Waals surface area contributed by atoms with E-state index in [0.29, 0.717) is 22.7 Å². The molecule has 0 saturated carbocycles. The molecular weight excluding hydrogens is 432 g/mol. The standard InChI is InChI=1S/C21H26N6O2S2/c1-6-27-17(10-18(28)23-16-8-7-12(2)13(3)9-16)25-26-21(27)30-11-19(29)24-20-22-14(4)15(5)31-20/h7-9H,6,10-11H2,1-5H3,(H,23,28)(H,22,24,29). The zero-order valence-electron chi connectivity index (χ0n) is 18.3. The Kier molecular flexibility index (Phi) is 7.45. The average molecular weight is 459 g/mol.